The zero-order valence-corrected chi connectivity index (χ0v) is 9.53. The van der Waals surface area contributed by atoms with Crippen LogP contribution in [0.1, 0.15) is 34.6 Å². The van der Waals surface area contributed by atoms with Crippen molar-refractivity contribution in [1.29, 1.82) is 0 Å². The lowest BCUT2D eigenvalue weighted by atomic mass is 10.1. The maximum atomic E-state index is 2.50. The Balaban J connectivity index is 2.82. The van der Waals surface area contributed by atoms with Crippen LogP contribution in [-0.4, -0.2) is 16.8 Å². The fourth-order valence-electron chi connectivity index (χ4n) is 1.68. The van der Waals surface area contributed by atoms with Gasteiger partial charge in [0.2, 0.25) is 0 Å². The molecule has 0 fully saturated rings. The third-order valence-corrected chi connectivity index (χ3v) is 3.31. The predicted molar refractivity (Wildman–Crippen MR) is 57.0 cm³/mol. The summed E-state index contributed by atoms with van der Waals surface area (Å²) in [6.07, 6.45) is 0. The second-order valence-electron chi connectivity index (χ2n) is 3.93. The lowest BCUT2D eigenvalue weighted by Gasteiger charge is -2.28. The first-order chi connectivity index (χ1) is 5.54. The van der Waals surface area contributed by atoms with Crippen LogP contribution in [0.2, 0.25) is 0 Å². The van der Waals surface area contributed by atoms with Gasteiger partial charge in [0.1, 0.15) is 0 Å². The molecule has 2 heteroatoms. The Morgan fingerprint density at radius 3 is 2.17 bits per heavy atom. The van der Waals surface area contributed by atoms with E-state index in [-0.39, 0.29) is 0 Å². The number of hydrogen-bond donors (Lipinski definition) is 0. The van der Waals surface area contributed by atoms with E-state index in [2.05, 4.69) is 39.5 Å². The van der Waals surface area contributed by atoms with E-state index in [9.17, 15) is 0 Å². The van der Waals surface area contributed by atoms with Crippen molar-refractivity contribution in [2.75, 3.05) is 5.88 Å². The highest BCUT2D eigenvalue weighted by atomic mass is 32.2. The van der Waals surface area contributed by atoms with Crippen LogP contribution < -0.4 is 0 Å². The van der Waals surface area contributed by atoms with E-state index in [1.807, 2.05) is 11.8 Å². The first kappa shape index (κ1) is 9.97. The van der Waals surface area contributed by atoms with Gasteiger partial charge in [0, 0.05) is 16.6 Å². The van der Waals surface area contributed by atoms with E-state index in [1.165, 1.54) is 4.91 Å². The second-order valence-corrected chi connectivity index (χ2v) is 5.09. The summed E-state index contributed by atoms with van der Waals surface area (Å²) >= 11 is 1.98. The monoisotopic (exact) mass is 185 g/mol. The van der Waals surface area contributed by atoms with Gasteiger partial charge in [-0.15, -0.1) is 11.8 Å². The smallest absolute Gasteiger partial charge is 0.0683 e. The van der Waals surface area contributed by atoms with Crippen molar-refractivity contribution in [3.8, 4) is 0 Å². The van der Waals surface area contributed by atoms with Crippen LogP contribution in [0.4, 0.5) is 0 Å². The fourth-order valence-corrected chi connectivity index (χ4v) is 2.95. The number of allylic oxidation sites excluding steroid dienone is 2. The SMILES string of the molecule is CC1=C(C(C)C)N(C(C)C)CS1. The molecule has 12 heavy (non-hydrogen) atoms. The van der Waals surface area contributed by atoms with Crippen LogP contribution >= 0.6 is 11.8 Å². The summed E-state index contributed by atoms with van der Waals surface area (Å²) in [6.45, 7) is 11.3. The lowest BCUT2D eigenvalue weighted by molar-refractivity contribution is 0.306. The molecule has 0 aromatic carbocycles. The van der Waals surface area contributed by atoms with Gasteiger partial charge < -0.3 is 4.90 Å². The Morgan fingerprint density at radius 1 is 1.25 bits per heavy atom. The molecule has 0 N–H and O–H groups in total. The zero-order valence-electron chi connectivity index (χ0n) is 8.72. The fraction of sp³-hybridized carbons (Fsp3) is 0.800. The van der Waals surface area contributed by atoms with Gasteiger partial charge in [-0.1, -0.05) is 13.8 Å². The van der Waals surface area contributed by atoms with Crippen molar-refractivity contribution in [3.05, 3.63) is 10.6 Å². The van der Waals surface area contributed by atoms with Crippen molar-refractivity contribution in [2.45, 2.75) is 40.7 Å². The third kappa shape index (κ3) is 1.79. The van der Waals surface area contributed by atoms with Crippen molar-refractivity contribution in [3.63, 3.8) is 0 Å². The van der Waals surface area contributed by atoms with E-state index in [1.54, 1.807) is 5.70 Å². The molecule has 0 bridgehead atoms. The van der Waals surface area contributed by atoms with Crippen LogP contribution in [0.25, 0.3) is 0 Å². The minimum absolute atomic E-state index is 0.646. The second kappa shape index (κ2) is 3.73. The summed E-state index contributed by atoms with van der Waals surface area (Å²) in [5.74, 6) is 1.82. The van der Waals surface area contributed by atoms with Crippen molar-refractivity contribution in [2.24, 2.45) is 5.92 Å². The summed E-state index contributed by atoms with van der Waals surface area (Å²) in [7, 11) is 0. The van der Waals surface area contributed by atoms with Gasteiger partial charge in [0.25, 0.3) is 0 Å². The summed E-state index contributed by atoms with van der Waals surface area (Å²) < 4.78 is 0. The number of thioether (sulfide) groups is 1. The minimum Gasteiger partial charge on any atom is -0.362 e. The van der Waals surface area contributed by atoms with Gasteiger partial charge in [-0.2, -0.15) is 0 Å². The molecule has 0 saturated carbocycles. The van der Waals surface area contributed by atoms with E-state index in [0.29, 0.717) is 12.0 Å². The Morgan fingerprint density at radius 2 is 1.83 bits per heavy atom. The van der Waals surface area contributed by atoms with Crippen LogP contribution in [0.3, 0.4) is 0 Å². The molecule has 0 saturated heterocycles. The van der Waals surface area contributed by atoms with E-state index in [4.69, 9.17) is 0 Å². The predicted octanol–water partition coefficient (Wildman–Crippen LogP) is 3.29. The molecule has 1 rings (SSSR count). The highest BCUT2D eigenvalue weighted by molar-refractivity contribution is 8.03. The molecular formula is C10H19NS. The molecular weight excluding hydrogens is 166 g/mol. The van der Waals surface area contributed by atoms with E-state index >= 15 is 0 Å². The molecule has 0 aromatic heterocycles. The molecule has 0 unspecified atom stereocenters. The summed E-state index contributed by atoms with van der Waals surface area (Å²) in [4.78, 5) is 4.02. The number of nitrogens with zero attached hydrogens (tertiary/aromatic N) is 1. The molecule has 70 valence electrons. The molecule has 1 aliphatic heterocycles. The highest BCUT2D eigenvalue weighted by Gasteiger charge is 2.24. The number of rotatable bonds is 2. The molecule has 1 aliphatic rings. The van der Waals surface area contributed by atoms with Gasteiger partial charge in [-0.3, -0.25) is 0 Å². The van der Waals surface area contributed by atoms with E-state index < -0.39 is 0 Å². The first-order valence-corrected chi connectivity index (χ1v) is 5.62. The Hall–Kier alpha value is -0.110. The standard InChI is InChI=1S/C10H19NS/c1-7(2)10-9(5)12-6-11(10)8(3)4/h7-8H,6H2,1-5H3. The maximum absolute atomic E-state index is 2.50. The maximum Gasteiger partial charge on any atom is 0.0683 e. The van der Waals surface area contributed by atoms with Crippen molar-refractivity contribution in [1.82, 2.24) is 4.90 Å². The molecule has 0 aliphatic carbocycles. The molecule has 1 heterocycles. The summed E-state index contributed by atoms with van der Waals surface area (Å²) in [5.41, 5.74) is 1.55. The van der Waals surface area contributed by atoms with Crippen LogP contribution in [0.5, 0.6) is 0 Å². The lowest BCUT2D eigenvalue weighted by Crippen LogP contribution is -2.29. The Labute approximate surface area is 80.2 Å². The third-order valence-electron chi connectivity index (χ3n) is 2.26. The normalized spacial score (nSPS) is 18.8. The molecule has 0 atom stereocenters. The van der Waals surface area contributed by atoms with Crippen LogP contribution in [0.15, 0.2) is 10.6 Å². The van der Waals surface area contributed by atoms with Gasteiger partial charge in [-0.25, -0.2) is 0 Å². The van der Waals surface area contributed by atoms with Crippen LogP contribution in [0, 0.1) is 5.92 Å². The van der Waals surface area contributed by atoms with Crippen molar-refractivity contribution < 1.29 is 0 Å². The molecule has 0 radical (unpaired) electrons. The first-order valence-electron chi connectivity index (χ1n) is 4.64. The highest BCUT2D eigenvalue weighted by Crippen LogP contribution is 2.36. The summed E-state index contributed by atoms with van der Waals surface area (Å²) in [6, 6.07) is 0.646. The summed E-state index contributed by atoms with van der Waals surface area (Å²) in [5, 5.41) is 0. The molecule has 0 aromatic rings. The van der Waals surface area contributed by atoms with E-state index in [0.717, 1.165) is 5.88 Å². The molecule has 1 nitrogen and oxygen atoms in total. The topological polar surface area (TPSA) is 3.24 Å². The van der Waals surface area contributed by atoms with Gasteiger partial charge in [-0.05, 0) is 26.7 Å². The average molecular weight is 185 g/mol. The van der Waals surface area contributed by atoms with Gasteiger partial charge in [0.05, 0.1) is 5.88 Å². The minimum atomic E-state index is 0.646. The van der Waals surface area contributed by atoms with Crippen molar-refractivity contribution >= 4 is 11.8 Å². The van der Waals surface area contributed by atoms with Crippen LogP contribution in [-0.2, 0) is 0 Å². The van der Waals surface area contributed by atoms with Gasteiger partial charge in [0.15, 0.2) is 0 Å². The molecule has 0 spiro atoms. The zero-order chi connectivity index (χ0) is 9.30. The average Bonchev–Trinajstić information content (AvgIpc) is 2.30. The Kier molecular flexibility index (Phi) is 3.10. The quantitative estimate of drug-likeness (QED) is 0.649. The Bertz CT molecular complexity index is 194. The largest absolute Gasteiger partial charge is 0.362 e. The van der Waals surface area contributed by atoms with Gasteiger partial charge >= 0.3 is 0 Å². The molecule has 0 amide bonds. The number of hydrogen-bond acceptors (Lipinski definition) is 2.